The van der Waals surface area contributed by atoms with Crippen molar-refractivity contribution in [2.24, 2.45) is 0 Å². The summed E-state index contributed by atoms with van der Waals surface area (Å²) in [6.45, 7) is 3.75. The van der Waals surface area contributed by atoms with E-state index in [0.29, 0.717) is 12.1 Å². The van der Waals surface area contributed by atoms with Crippen molar-refractivity contribution in [3.8, 4) is 0 Å². The lowest BCUT2D eigenvalue weighted by molar-refractivity contribution is -0.137. The van der Waals surface area contributed by atoms with E-state index < -0.39 is 12.0 Å². The summed E-state index contributed by atoms with van der Waals surface area (Å²) in [6, 6.07) is 4.78. The minimum absolute atomic E-state index is 0.0819. The number of aliphatic carboxylic acids is 1. The Bertz CT molecular complexity index is 457. The van der Waals surface area contributed by atoms with Gasteiger partial charge in [0.05, 0.1) is 6.42 Å². The van der Waals surface area contributed by atoms with Crippen LogP contribution in [0, 0.1) is 6.92 Å². The third kappa shape index (κ3) is 5.74. The molecular weight excluding hydrogens is 312 g/mol. The number of amides is 2. The number of benzene rings is 1. The number of rotatable bonds is 5. The maximum Gasteiger partial charge on any atom is 0.319 e. The van der Waals surface area contributed by atoms with Crippen LogP contribution in [0.4, 0.5) is 10.5 Å². The number of aryl methyl sites for hydroxylation is 1. The molecule has 0 saturated carbocycles. The standard InChI is InChI=1S/C13H17BrN2O3/c1-3-10(7-12(17)18)15-13(19)16-11-5-8(2)4-9(14)6-11/h4-6,10H,3,7H2,1-2H3,(H,17,18)(H2,15,16,19). The fourth-order valence-electron chi connectivity index (χ4n) is 1.67. The van der Waals surface area contributed by atoms with Gasteiger partial charge in [0.25, 0.3) is 0 Å². The van der Waals surface area contributed by atoms with Gasteiger partial charge in [0.15, 0.2) is 0 Å². The lowest BCUT2D eigenvalue weighted by atomic mass is 10.1. The normalized spacial score (nSPS) is 11.7. The summed E-state index contributed by atoms with van der Waals surface area (Å²) < 4.78 is 0.875. The van der Waals surface area contributed by atoms with Crippen molar-refractivity contribution >= 4 is 33.6 Å². The van der Waals surface area contributed by atoms with Crippen LogP contribution in [-0.4, -0.2) is 23.1 Å². The number of hydrogen-bond acceptors (Lipinski definition) is 2. The number of carboxylic acid groups (broad SMARTS) is 1. The second kappa shape index (κ2) is 7.13. The number of halogens is 1. The third-order valence-electron chi connectivity index (χ3n) is 2.55. The fraction of sp³-hybridized carbons (Fsp3) is 0.385. The molecular formula is C13H17BrN2O3. The highest BCUT2D eigenvalue weighted by Crippen LogP contribution is 2.18. The summed E-state index contributed by atoms with van der Waals surface area (Å²) >= 11 is 3.35. The van der Waals surface area contributed by atoms with Crippen molar-refractivity contribution in [2.75, 3.05) is 5.32 Å². The number of urea groups is 1. The highest BCUT2D eigenvalue weighted by atomic mass is 79.9. The first-order chi connectivity index (χ1) is 8.90. The van der Waals surface area contributed by atoms with E-state index in [4.69, 9.17) is 5.11 Å². The Morgan fingerprint density at radius 2 is 2.05 bits per heavy atom. The molecule has 0 spiro atoms. The van der Waals surface area contributed by atoms with Gasteiger partial charge in [0.2, 0.25) is 0 Å². The van der Waals surface area contributed by atoms with Crippen molar-refractivity contribution in [2.45, 2.75) is 32.7 Å². The molecule has 5 nitrogen and oxygen atoms in total. The first-order valence-electron chi connectivity index (χ1n) is 5.97. The zero-order chi connectivity index (χ0) is 14.4. The minimum atomic E-state index is -0.926. The Hall–Kier alpha value is -1.56. The second-order valence-corrected chi connectivity index (χ2v) is 5.23. The first kappa shape index (κ1) is 15.5. The van der Waals surface area contributed by atoms with Crippen molar-refractivity contribution in [1.29, 1.82) is 0 Å². The van der Waals surface area contributed by atoms with Crippen molar-refractivity contribution in [1.82, 2.24) is 5.32 Å². The Labute approximate surface area is 120 Å². The number of anilines is 1. The predicted molar refractivity (Wildman–Crippen MR) is 77.4 cm³/mol. The Morgan fingerprint density at radius 1 is 1.37 bits per heavy atom. The zero-order valence-electron chi connectivity index (χ0n) is 10.9. The average Bonchev–Trinajstić information content (AvgIpc) is 2.25. The fourth-order valence-corrected chi connectivity index (χ4v) is 2.28. The lowest BCUT2D eigenvalue weighted by Gasteiger charge is -2.15. The number of nitrogens with one attached hydrogen (secondary N) is 2. The highest BCUT2D eigenvalue weighted by Gasteiger charge is 2.14. The number of carbonyl (C=O) groups is 2. The van der Waals surface area contributed by atoms with E-state index in [1.807, 2.05) is 26.0 Å². The van der Waals surface area contributed by atoms with Crippen LogP contribution in [-0.2, 0) is 4.79 Å². The molecule has 0 bridgehead atoms. The van der Waals surface area contributed by atoms with Gasteiger partial charge in [0.1, 0.15) is 0 Å². The molecule has 6 heteroatoms. The number of carbonyl (C=O) groups excluding carboxylic acids is 1. The SMILES string of the molecule is CCC(CC(=O)O)NC(=O)Nc1cc(C)cc(Br)c1. The summed E-state index contributed by atoms with van der Waals surface area (Å²) in [5.74, 6) is -0.926. The molecule has 1 rings (SSSR count). The molecule has 0 aromatic heterocycles. The van der Waals surface area contributed by atoms with Gasteiger partial charge in [0, 0.05) is 16.2 Å². The Morgan fingerprint density at radius 3 is 2.58 bits per heavy atom. The highest BCUT2D eigenvalue weighted by molar-refractivity contribution is 9.10. The molecule has 0 aliphatic heterocycles. The molecule has 1 aromatic carbocycles. The van der Waals surface area contributed by atoms with Crippen LogP contribution < -0.4 is 10.6 Å². The van der Waals surface area contributed by atoms with Crippen LogP contribution in [0.1, 0.15) is 25.3 Å². The van der Waals surface area contributed by atoms with Crippen LogP contribution in [0.5, 0.6) is 0 Å². The summed E-state index contributed by atoms with van der Waals surface area (Å²) in [7, 11) is 0. The monoisotopic (exact) mass is 328 g/mol. The van der Waals surface area contributed by atoms with Crippen LogP contribution in [0.2, 0.25) is 0 Å². The van der Waals surface area contributed by atoms with Gasteiger partial charge in [-0.25, -0.2) is 4.79 Å². The van der Waals surface area contributed by atoms with Crippen molar-refractivity contribution in [3.05, 3.63) is 28.2 Å². The Kier molecular flexibility index (Phi) is 5.82. The molecule has 104 valence electrons. The van der Waals surface area contributed by atoms with Crippen LogP contribution in [0.3, 0.4) is 0 Å². The molecule has 2 amide bonds. The predicted octanol–water partition coefficient (Wildman–Crippen LogP) is 3.13. The molecule has 0 aliphatic rings. The van der Waals surface area contributed by atoms with Crippen molar-refractivity contribution in [3.63, 3.8) is 0 Å². The maximum atomic E-state index is 11.8. The summed E-state index contributed by atoms with van der Waals surface area (Å²) in [4.78, 5) is 22.4. The molecule has 0 aliphatic carbocycles. The zero-order valence-corrected chi connectivity index (χ0v) is 12.5. The molecule has 1 unspecified atom stereocenters. The maximum absolute atomic E-state index is 11.8. The quantitative estimate of drug-likeness (QED) is 0.776. The van der Waals surface area contributed by atoms with Crippen LogP contribution in [0.15, 0.2) is 22.7 Å². The van der Waals surface area contributed by atoms with Gasteiger partial charge in [-0.1, -0.05) is 22.9 Å². The first-order valence-corrected chi connectivity index (χ1v) is 6.76. The van der Waals surface area contributed by atoms with Gasteiger partial charge < -0.3 is 15.7 Å². The van der Waals surface area contributed by atoms with E-state index in [-0.39, 0.29) is 12.5 Å². The van der Waals surface area contributed by atoms with Gasteiger partial charge in [-0.05, 0) is 37.1 Å². The summed E-state index contributed by atoms with van der Waals surface area (Å²) in [5.41, 5.74) is 1.68. The topological polar surface area (TPSA) is 78.4 Å². The van der Waals surface area contributed by atoms with E-state index >= 15 is 0 Å². The molecule has 0 radical (unpaired) electrons. The van der Waals surface area contributed by atoms with Crippen molar-refractivity contribution < 1.29 is 14.7 Å². The van der Waals surface area contributed by atoms with Crippen LogP contribution in [0.25, 0.3) is 0 Å². The third-order valence-corrected chi connectivity index (χ3v) is 3.01. The Balaban J connectivity index is 2.61. The van der Waals surface area contributed by atoms with E-state index in [0.717, 1.165) is 10.0 Å². The van der Waals surface area contributed by atoms with Crippen LogP contribution >= 0.6 is 15.9 Å². The molecule has 19 heavy (non-hydrogen) atoms. The molecule has 1 atom stereocenters. The van der Waals surface area contributed by atoms with E-state index in [9.17, 15) is 9.59 Å². The van der Waals surface area contributed by atoms with Gasteiger partial charge in [-0.15, -0.1) is 0 Å². The number of carboxylic acids is 1. The van der Waals surface area contributed by atoms with Gasteiger partial charge >= 0.3 is 12.0 Å². The number of hydrogen-bond donors (Lipinski definition) is 3. The largest absolute Gasteiger partial charge is 0.481 e. The summed E-state index contributed by atoms with van der Waals surface area (Å²) in [6.07, 6.45) is 0.485. The van der Waals surface area contributed by atoms with Gasteiger partial charge in [-0.2, -0.15) is 0 Å². The molecule has 3 N–H and O–H groups in total. The summed E-state index contributed by atoms with van der Waals surface area (Å²) in [5, 5.41) is 14.0. The van der Waals surface area contributed by atoms with E-state index in [1.165, 1.54) is 0 Å². The lowest BCUT2D eigenvalue weighted by Crippen LogP contribution is -2.38. The second-order valence-electron chi connectivity index (χ2n) is 4.32. The average molecular weight is 329 g/mol. The molecule has 0 heterocycles. The molecule has 0 fully saturated rings. The smallest absolute Gasteiger partial charge is 0.319 e. The van der Waals surface area contributed by atoms with E-state index in [1.54, 1.807) is 6.07 Å². The molecule has 1 aromatic rings. The minimum Gasteiger partial charge on any atom is -0.481 e. The van der Waals surface area contributed by atoms with Gasteiger partial charge in [-0.3, -0.25) is 4.79 Å². The van der Waals surface area contributed by atoms with E-state index in [2.05, 4.69) is 26.6 Å². The molecule has 0 saturated heterocycles.